The molecule has 4 aliphatic rings. The molecule has 0 amide bonds. The molecule has 0 spiro atoms. The van der Waals surface area contributed by atoms with Gasteiger partial charge in [-0.1, -0.05) is 0 Å². The van der Waals surface area contributed by atoms with Crippen LogP contribution in [0.1, 0.15) is 25.7 Å². The van der Waals surface area contributed by atoms with Crippen molar-refractivity contribution < 1.29 is 19.0 Å². The van der Waals surface area contributed by atoms with E-state index in [1.165, 1.54) is 19.3 Å². The van der Waals surface area contributed by atoms with Gasteiger partial charge in [0.15, 0.2) is 12.1 Å². The molecule has 4 heteroatoms. The van der Waals surface area contributed by atoms with E-state index in [2.05, 4.69) is 0 Å². The van der Waals surface area contributed by atoms with Crippen LogP contribution in [-0.4, -0.2) is 37.0 Å². The average molecular weight is 224 g/mol. The molecule has 0 radical (unpaired) electrons. The molecule has 6 atom stereocenters. The van der Waals surface area contributed by atoms with Crippen LogP contribution in [-0.2, 0) is 19.0 Å². The Morgan fingerprint density at radius 2 is 1.81 bits per heavy atom. The lowest BCUT2D eigenvalue weighted by Crippen LogP contribution is -2.55. The van der Waals surface area contributed by atoms with E-state index >= 15 is 0 Å². The van der Waals surface area contributed by atoms with Gasteiger partial charge in [0.05, 0.1) is 12.2 Å². The van der Waals surface area contributed by atoms with Gasteiger partial charge in [0.1, 0.15) is 12.7 Å². The van der Waals surface area contributed by atoms with Gasteiger partial charge in [-0.2, -0.15) is 0 Å². The average Bonchev–Trinajstić information content (AvgIpc) is 2.87. The van der Waals surface area contributed by atoms with Crippen LogP contribution in [0.2, 0.25) is 0 Å². The number of rotatable bonds is 0. The molecule has 2 bridgehead atoms. The Balaban J connectivity index is 1.56. The van der Waals surface area contributed by atoms with Crippen molar-refractivity contribution >= 4 is 5.78 Å². The largest absolute Gasteiger partial charge is 0.366 e. The van der Waals surface area contributed by atoms with Gasteiger partial charge in [-0.3, -0.25) is 4.79 Å². The first-order valence-corrected chi connectivity index (χ1v) is 6.25. The van der Waals surface area contributed by atoms with E-state index in [9.17, 15) is 4.79 Å². The number of ketones is 1. The second-order valence-corrected chi connectivity index (χ2v) is 5.50. The van der Waals surface area contributed by atoms with Crippen molar-refractivity contribution in [3.05, 3.63) is 0 Å². The van der Waals surface area contributed by atoms with E-state index in [0.717, 1.165) is 0 Å². The molecule has 2 aliphatic carbocycles. The lowest BCUT2D eigenvalue weighted by Gasteiger charge is -2.44. The number of hydrogen-bond acceptors (Lipinski definition) is 4. The molecule has 2 saturated carbocycles. The number of carbonyl (C=O) groups excluding carboxylic acids is 1. The molecule has 0 N–H and O–H groups in total. The third-order valence-electron chi connectivity index (χ3n) is 4.53. The fourth-order valence-electron chi connectivity index (χ4n) is 3.82. The van der Waals surface area contributed by atoms with Crippen molar-refractivity contribution in [3.63, 3.8) is 0 Å². The van der Waals surface area contributed by atoms with Crippen LogP contribution in [0.25, 0.3) is 0 Å². The van der Waals surface area contributed by atoms with Crippen molar-refractivity contribution in [1.29, 1.82) is 0 Å². The Morgan fingerprint density at radius 3 is 2.62 bits per heavy atom. The summed E-state index contributed by atoms with van der Waals surface area (Å²) >= 11 is 0. The zero-order chi connectivity index (χ0) is 10.7. The minimum Gasteiger partial charge on any atom is -0.366 e. The van der Waals surface area contributed by atoms with Crippen LogP contribution in [0.15, 0.2) is 0 Å². The van der Waals surface area contributed by atoms with Crippen molar-refractivity contribution in [3.8, 4) is 0 Å². The minimum atomic E-state index is -0.293. The summed E-state index contributed by atoms with van der Waals surface area (Å²) in [7, 11) is 0. The predicted molar refractivity (Wildman–Crippen MR) is 53.7 cm³/mol. The topological polar surface area (TPSA) is 44.8 Å². The van der Waals surface area contributed by atoms with Crippen LogP contribution in [0.3, 0.4) is 0 Å². The summed E-state index contributed by atoms with van der Waals surface area (Å²) in [6, 6.07) is 0. The van der Waals surface area contributed by atoms with Crippen molar-refractivity contribution in [1.82, 2.24) is 0 Å². The summed E-state index contributed by atoms with van der Waals surface area (Å²) in [4.78, 5) is 11.3. The SMILES string of the molecule is O=C1CO[C@H]2O[C@H]3[C@@H]4CC[C@@H](C4)[C@H]3O[C@H]2C1. The maximum absolute atomic E-state index is 11.3. The Morgan fingerprint density at radius 1 is 1.06 bits per heavy atom. The maximum atomic E-state index is 11.3. The molecule has 2 heterocycles. The van der Waals surface area contributed by atoms with Gasteiger partial charge >= 0.3 is 0 Å². The molecule has 0 aromatic rings. The third kappa shape index (κ3) is 1.24. The van der Waals surface area contributed by atoms with Crippen LogP contribution < -0.4 is 0 Å². The molecule has 4 fully saturated rings. The maximum Gasteiger partial charge on any atom is 0.185 e. The monoisotopic (exact) mass is 224 g/mol. The van der Waals surface area contributed by atoms with Crippen molar-refractivity contribution in [2.24, 2.45) is 11.8 Å². The molecule has 16 heavy (non-hydrogen) atoms. The first kappa shape index (κ1) is 9.57. The summed E-state index contributed by atoms with van der Waals surface area (Å²) in [5.41, 5.74) is 0. The quantitative estimate of drug-likeness (QED) is 0.613. The van der Waals surface area contributed by atoms with E-state index in [-0.39, 0.29) is 37.0 Å². The number of hydrogen-bond donors (Lipinski definition) is 0. The minimum absolute atomic E-state index is 0.131. The number of carbonyl (C=O) groups is 1. The lowest BCUT2D eigenvalue weighted by molar-refractivity contribution is -0.314. The summed E-state index contributed by atoms with van der Waals surface area (Å²) in [5, 5.41) is 0. The van der Waals surface area contributed by atoms with E-state index in [1.54, 1.807) is 0 Å². The fraction of sp³-hybridized carbons (Fsp3) is 0.917. The summed E-state index contributed by atoms with van der Waals surface area (Å²) in [6.07, 6.45) is 4.25. The Hall–Kier alpha value is -0.450. The van der Waals surface area contributed by atoms with Gasteiger partial charge in [-0.05, 0) is 31.1 Å². The van der Waals surface area contributed by atoms with Gasteiger partial charge in [0, 0.05) is 6.42 Å². The summed E-state index contributed by atoms with van der Waals surface area (Å²) in [5.74, 6) is 1.46. The van der Waals surface area contributed by atoms with E-state index < -0.39 is 0 Å². The third-order valence-corrected chi connectivity index (χ3v) is 4.53. The van der Waals surface area contributed by atoms with E-state index in [0.29, 0.717) is 18.3 Å². The first-order chi connectivity index (χ1) is 7.81. The van der Waals surface area contributed by atoms with Gasteiger partial charge in [0.2, 0.25) is 0 Å². The van der Waals surface area contributed by atoms with Crippen molar-refractivity contribution in [2.45, 2.75) is 50.3 Å². The molecule has 88 valence electrons. The zero-order valence-electron chi connectivity index (χ0n) is 9.13. The Bertz CT molecular complexity index is 329. The highest BCUT2D eigenvalue weighted by atomic mass is 16.7. The van der Waals surface area contributed by atoms with Crippen molar-refractivity contribution in [2.75, 3.05) is 6.61 Å². The van der Waals surface area contributed by atoms with E-state index in [1.807, 2.05) is 0 Å². The molecule has 2 saturated heterocycles. The zero-order valence-corrected chi connectivity index (χ0v) is 9.13. The highest BCUT2D eigenvalue weighted by Crippen LogP contribution is 2.50. The highest BCUT2D eigenvalue weighted by molar-refractivity contribution is 5.80. The van der Waals surface area contributed by atoms with Crippen LogP contribution in [0, 0.1) is 11.8 Å². The normalized spacial score (nSPS) is 54.9. The molecular weight excluding hydrogens is 208 g/mol. The number of Topliss-reactive ketones (excluding diaryl/α,β-unsaturated/α-hetero) is 1. The molecule has 0 unspecified atom stereocenters. The van der Waals surface area contributed by atoms with Crippen LogP contribution in [0.4, 0.5) is 0 Å². The molecule has 4 rings (SSSR count). The second-order valence-electron chi connectivity index (χ2n) is 5.50. The summed E-state index contributed by atoms with van der Waals surface area (Å²) < 4.78 is 17.5. The number of ether oxygens (including phenoxy) is 3. The highest BCUT2D eigenvalue weighted by Gasteiger charge is 2.55. The van der Waals surface area contributed by atoms with Crippen LogP contribution in [0.5, 0.6) is 0 Å². The summed E-state index contributed by atoms with van der Waals surface area (Å²) in [6.45, 7) is 0.190. The Labute approximate surface area is 94.2 Å². The van der Waals surface area contributed by atoms with Gasteiger partial charge in [-0.25, -0.2) is 0 Å². The lowest BCUT2D eigenvalue weighted by atomic mass is 9.92. The molecule has 0 aromatic carbocycles. The standard InChI is InChI=1S/C12H16O4/c13-8-4-9-12(14-5-8)16-11-7-2-1-6(3-7)10(11)15-9/h6-7,9-12H,1-5H2/t6-,7+,9-,10+,11-,12-/m0/s1. The predicted octanol–water partition coefficient (Wildman–Crippen LogP) is 0.884. The smallest absolute Gasteiger partial charge is 0.185 e. The molecule has 4 nitrogen and oxygen atoms in total. The Kier molecular flexibility index (Phi) is 1.96. The van der Waals surface area contributed by atoms with Gasteiger partial charge in [-0.15, -0.1) is 0 Å². The molecule has 0 aromatic heterocycles. The number of fused-ring (bicyclic) bond motifs is 6. The molecular formula is C12H16O4. The molecule has 2 aliphatic heterocycles. The van der Waals surface area contributed by atoms with Gasteiger partial charge in [0.25, 0.3) is 0 Å². The van der Waals surface area contributed by atoms with Gasteiger partial charge < -0.3 is 14.2 Å². The van der Waals surface area contributed by atoms with Crippen LogP contribution >= 0.6 is 0 Å². The van der Waals surface area contributed by atoms with E-state index in [4.69, 9.17) is 14.2 Å². The first-order valence-electron chi connectivity index (χ1n) is 6.25. The fourth-order valence-corrected chi connectivity index (χ4v) is 3.82. The second kappa shape index (κ2) is 3.28.